The van der Waals surface area contributed by atoms with Crippen LogP contribution in [0, 0.1) is 5.92 Å². The molecule has 1 aliphatic heterocycles. The zero-order chi connectivity index (χ0) is 20.3. The van der Waals surface area contributed by atoms with E-state index in [-0.39, 0.29) is 23.7 Å². The summed E-state index contributed by atoms with van der Waals surface area (Å²) in [6.07, 6.45) is 1.86. The number of piperidine rings is 1. The molecule has 2 N–H and O–H groups in total. The van der Waals surface area contributed by atoms with Crippen LogP contribution in [0.15, 0.2) is 24.3 Å². The van der Waals surface area contributed by atoms with Gasteiger partial charge in [-0.2, -0.15) is 0 Å². The standard InChI is InChI=1S/C21H28N4O3/c1-13(2)21(27)25-11-5-6-15(12-25)19-23-17(18(24-19)20(26)22-3)14-7-9-16(28-4)10-8-14/h7-10,13,15H,5-6,11-12H2,1-4H3,(H,22,26)(H,23,24). The first-order valence-corrected chi connectivity index (χ1v) is 9.69. The first-order valence-electron chi connectivity index (χ1n) is 9.69. The average Bonchev–Trinajstić information content (AvgIpc) is 3.18. The Bertz CT molecular complexity index is 842. The Balaban J connectivity index is 1.92. The maximum Gasteiger partial charge on any atom is 0.269 e. The van der Waals surface area contributed by atoms with Crippen molar-refractivity contribution in [1.82, 2.24) is 20.2 Å². The van der Waals surface area contributed by atoms with Gasteiger partial charge < -0.3 is 19.9 Å². The number of nitrogens with one attached hydrogen (secondary N) is 2. The first kappa shape index (κ1) is 19.9. The van der Waals surface area contributed by atoms with Crippen molar-refractivity contribution >= 4 is 11.8 Å². The highest BCUT2D eigenvalue weighted by atomic mass is 16.5. The number of methoxy groups -OCH3 is 1. The Morgan fingerprint density at radius 3 is 2.61 bits per heavy atom. The van der Waals surface area contributed by atoms with E-state index in [2.05, 4.69) is 10.3 Å². The van der Waals surface area contributed by atoms with Crippen LogP contribution < -0.4 is 10.1 Å². The molecule has 0 spiro atoms. The molecule has 1 aromatic carbocycles. The summed E-state index contributed by atoms with van der Waals surface area (Å²) in [6, 6.07) is 7.48. The lowest BCUT2D eigenvalue weighted by molar-refractivity contribution is -0.135. The molecule has 2 amide bonds. The van der Waals surface area contributed by atoms with Crippen molar-refractivity contribution in [3.05, 3.63) is 35.8 Å². The van der Waals surface area contributed by atoms with Crippen molar-refractivity contribution in [2.45, 2.75) is 32.6 Å². The minimum Gasteiger partial charge on any atom is -0.497 e. The van der Waals surface area contributed by atoms with Crippen LogP contribution in [-0.4, -0.2) is 53.9 Å². The predicted octanol–water partition coefficient (Wildman–Crippen LogP) is 2.81. The molecule has 1 fully saturated rings. The van der Waals surface area contributed by atoms with E-state index in [9.17, 15) is 9.59 Å². The average molecular weight is 384 g/mol. The van der Waals surface area contributed by atoms with Gasteiger partial charge in [0, 0.05) is 37.5 Å². The molecular weight excluding hydrogens is 356 g/mol. The number of hydrogen-bond donors (Lipinski definition) is 2. The van der Waals surface area contributed by atoms with Gasteiger partial charge >= 0.3 is 0 Å². The van der Waals surface area contributed by atoms with E-state index in [0.29, 0.717) is 17.9 Å². The van der Waals surface area contributed by atoms with Gasteiger partial charge in [0.1, 0.15) is 23.0 Å². The van der Waals surface area contributed by atoms with Crippen LogP contribution in [0.4, 0.5) is 0 Å². The van der Waals surface area contributed by atoms with E-state index < -0.39 is 0 Å². The molecule has 2 aromatic rings. The summed E-state index contributed by atoms with van der Waals surface area (Å²) in [5, 5.41) is 2.67. The van der Waals surface area contributed by atoms with Gasteiger partial charge in [-0.05, 0) is 37.1 Å². The fourth-order valence-electron chi connectivity index (χ4n) is 3.60. The lowest BCUT2D eigenvalue weighted by atomic mass is 9.96. The molecule has 1 atom stereocenters. The molecule has 1 saturated heterocycles. The predicted molar refractivity (Wildman–Crippen MR) is 107 cm³/mol. The number of aromatic amines is 1. The second-order valence-corrected chi connectivity index (χ2v) is 7.43. The molecule has 0 aliphatic carbocycles. The van der Waals surface area contributed by atoms with Gasteiger partial charge in [0.15, 0.2) is 0 Å². The van der Waals surface area contributed by atoms with E-state index in [0.717, 1.165) is 36.5 Å². The lowest BCUT2D eigenvalue weighted by Crippen LogP contribution is -2.41. The number of hydrogen-bond acceptors (Lipinski definition) is 4. The fourth-order valence-corrected chi connectivity index (χ4v) is 3.60. The van der Waals surface area contributed by atoms with Crippen LogP contribution in [0.1, 0.15) is 48.9 Å². The summed E-state index contributed by atoms with van der Waals surface area (Å²) in [5.41, 5.74) is 1.90. The largest absolute Gasteiger partial charge is 0.497 e. The molecule has 150 valence electrons. The van der Waals surface area contributed by atoms with Crippen LogP contribution in [0.2, 0.25) is 0 Å². The summed E-state index contributed by atoms with van der Waals surface area (Å²) in [7, 11) is 3.22. The topological polar surface area (TPSA) is 87.3 Å². The highest BCUT2D eigenvalue weighted by Crippen LogP contribution is 2.30. The van der Waals surface area contributed by atoms with Crippen LogP contribution in [0.5, 0.6) is 5.75 Å². The molecule has 1 unspecified atom stereocenters. The lowest BCUT2D eigenvalue weighted by Gasteiger charge is -2.33. The first-order chi connectivity index (χ1) is 13.4. The van der Waals surface area contributed by atoms with Crippen molar-refractivity contribution in [3.8, 4) is 17.0 Å². The van der Waals surface area contributed by atoms with Crippen molar-refractivity contribution < 1.29 is 14.3 Å². The van der Waals surface area contributed by atoms with E-state index in [1.807, 2.05) is 43.0 Å². The van der Waals surface area contributed by atoms with E-state index in [4.69, 9.17) is 9.72 Å². The fraction of sp³-hybridized carbons (Fsp3) is 0.476. The van der Waals surface area contributed by atoms with E-state index in [1.54, 1.807) is 14.2 Å². The molecular formula is C21H28N4O3. The second kappa shape index (κ2) is 8.46. The number of benzene rings is 1. The summed E-state index contributed by atoms with van der Waals surface area (Å²) < 4.78 is 5.21. The quantitative estimate of drug-likeness (QED) is 0.830. The van der Waals surface area contributed by atoms with Gasteiger partial charge in [0.2, 0.25) is 5.91 Å². The Hall–Kier alpha value is -2.83. The Morgan fingerprint density at radius 1 is 1.29 bits per heavy atom. The summed E-state index contributed by atoms with van der Waals surface area (Å²) in [6.45, 7) is 5.25. The summed E-state index contributed by atoms with van der Waals surface area (Å²) in [4.78, 5) is 34.7. The number of carbonyl (C=O) groups is 2. The third-order valence-corrected chi connectivity index (χ3v) is 5.15. The molecule has 0 bridgehead atoms. The van der Waals surface area contributed by atoms with Gasteiger partial charge in [-0.1, -0.05) is 13.8 Å². The zero-order valence-electron chi connectivity index (χ0n) is 16.9. The van der Waals surface area contributed by atoms with Crippen LogP contribution >= 0.6 is 0 Å². The van der Waals surface area contributed by atoms with Crippen molar-refractivity contribution in [1.29, 1.82) is 0 Å². The van der Waals surface area contributed by atoms with E-state index in [1.165, 1.54) is 0 Å². The number of ether oxygens (including phenoxy) is 1. The summed E-state index contributed by atoms with van der Waals surface area (Å²) >= 11 is 0. The van der Waals surface area contributed by atoms with Crippen molar-refractivity contribution in [3.63, 3.8) is 0 Å². The van der Waals surface area contributed by atoms with Gasteiger partial charge in [0.05, 0.1) is 7.11 Å². The molecule has 7 heteroatoms. The molecule has 7 nitrogen and oxygen atoms in total. The Labute approximate surface area is 165 Å². The maximum atomic E-state index is 12.4. The monoisotopic (exact) mass is 384 g/mol. The molecule has 1 aliphatic rings. The Morgan fingerprint density at radius 2 is 2.00 bits per heavy atom. The van der Waals surface area contributed by atoms with Crippen LogP contribution in [0.25, 0.3) is 11.3 Å². The third-order valence-electron chi connectivity index (χ3n) is 5.15. The second-order valence-electron chi connectivity index (χ2n) is 7.43. The van der Waals surface area contributed by atoms with Gasteiger partial charge in [-0.3, -0.25) is 9.59 Å². The number of imidazole rings is 1. The third kappa shape index (κ3) is 4.03. The van der Waals surface area contributed by atoms with Crippen molar-refractivity contribution in [2.24, 2.45) is 5.92 Å². The highest BCUT2D eigenvalue weighted by Gasteiger charge is 2.29. The number of H-pyrrole nitrogens is 1. The molecule has 2 heterocycles. The van der Waals surface area contributed by atoms with Crippen LogP contribution in [0.3, 0.4) is 0 Å². The normalized spacial score (nSPS) is 16.9. The molecule has 3 rings (SSSR count). The Kier molecular flexibility index (Phi) is 6.02. The number of nitrogens with zero attached hydrogens (tertiary/aromatic N) is 2. The van der Waals surface area contributed by atoms with Gasteiger partial charge in [0.25, 0.3) is 5.91 Å². The number of aromatic nitrogens is 2. The smallest absolute Gasteiger partial charge is 0.269 e. The maximum absolute atomic E-state index is 12.4. The SMILES string of the molecule is CNC(=O)c1[nH]c(C2CCCN(C(=O)C(C)C)C2)nc1-c1ccc(OC)cc1. The molecule has 1 aromatic heterocycles. The van der Waals surface area contributed by atoms with E-state index >= 15 is 0 Å². The molecule has 0 saturated carbocycles. The van der Waals surface area contributed by atoms with Crippen molar-refractivity contribution in [2.75, 3.05) is 27.2 Å². The number of likely N-dealkylation sites (tertiary alicyclic amines) is 1. The summed E-state index contributed by atoms with van der Waals surface area (Å²) in [5.74, 6) is 1.52. The van der Waals surface area contributed by atoms with Gasteiger partial charge in [-0.25, -0.2) is 4.98 Å². The minimum atomic E-state index is -0.213. The zero-order valence-corrected chi connectivity index (χ0v) is 16.9. The number of amides is 2. The van der Waals surface area contributed by atoms with Gasteiger partial charge in [-0.15, -0.1) is 0 Å². The number of carbonyl (C=O) groups excluding carboxylic acids is 2. The van der Waals surface area contributed by atoms with Crippen LogP contribution in [-0.2, 0) is 4.79 Å². The highest BCUT2D eigenvalue weighted by molar-refractivity contribution is 5.98. The number of rotatable bonds is 5. The minimum absolute atomic E-state index is 0.0216. The molecule has 0 radical (unpaired) electrons. The molecule has 28 heavy (non-hydrogen) atoms.